The van der Waals surface area contributed by atoms with Crippen molar-refractivity contribution in [2.75, 3.05) is 0 Å². The second-order valence-corrected chi connectivity index (χ2v) is 4.40. The monoisotopic (exact) mass is 286 g/mol. The number of benzene rings is 1. The standard InChI is InChI=1S/C15H14N2O4/c18-13(16-9-11-5-2-1-3-6-11)10-17-12(15(20)21)7-4-8-14(17)19/h1-8H,9-10H2,(H,16,18)(H,20,21). The number of amides is 1. The van der Waals surface area contributed by atoms with Crippen molar-refractivity contribution in [1.82, 2.24) is 9.88 Å². The van der Waals surface area contributed by atoms with E-state index in [1.54, 1.807) is 0 Å². The summed E-state index contributed by atoms with van der Waals surface area (Å²) in [6.07, 6.45) is 0. The van der Waals surface area contributed by atoms with Crippen molar-refractivity contribution in [3.8, 4) is 0 Å². The van der Waals surface area contributed by atoms with Gasteiger partial charge in [0, 0.05) is 12.6 Å². The molecule has 108 valence electrons. The minimum Gasteiger partial charge on any atom is -0.477 e. The lowest BCUT2D eigenvalue weighted by Crippen LogP contribution is -2.34. The Kier molecular flexibility index (Phi) is 4.50. The smallest absolute Gasteiger partial charge is 0.352 e. The lowest BCUT2D eigenvalue weighted by Gasteiger charge is -2.10. The van der Waals surface area contributed by atoms with Crippen LogP contribution in [0.15, 0.2) is 53.3 Å². The van der Waals surface area contributed by atoms with Gasteiger partial charge in [-0.1, -0.05) is 36.4 Å². The molecule has 0 spiro atoms. The zero-order valence-corrected chi connectivity index (χ0v) is 11.2. The Balaban J connectivity index is 2.07. The van der Waals surface area contributed by atoms with Gasteiger partial charge in [0.15, 0.2) is 0 Å². The van der Waals surface area contributed by atoms with Crippen molar-refractivity contribution in [2.24, 2.45) is 0 Å². The van der Waals surface area contributed by atoms with Gasteiger partial charge in [-0.3, -0.25) is 14.2 Å². The fourth-order valence-corrected chi connectivity index (χ4v) is 1.87. The van der Waals surface area contributed by atoms with Gasteiger partial charge in [0.1, 0.15) is 12.2 Å². The van der Waals surface area contributed by atoms with Crippen LogP contribution in [0.4, 0.5) is 0 Å². The summed E-state index contributed by atoms with van der Waals surface area (Å²) in [5.74, 6) is -1.67. The maximum Gasteiger partial charge on any atom is 0.352 e. The summed E-state index contributed by atoms with van der Waals surface area (Å²) in [4.78, 5) is 34.6. The molecular formula is C15H14N2O4. The molecule has 0 saturated carbocycles. The molecule has 0 atom stereocenters. The number of hydrogen-bond acceptors (Lipinski definition) is 3. The molecule has 0 fully saturated rings. The Morgan fingerprint density at radius 3 is 2.43 bits per heavy atom. The zero-order valence-electron chi connectivity index (χ0n) is 11.2. The third-order valence-corrected chi connectivity index (χ3v) is 2.90. The number of carbonyl (C=O) groups is 2. The van der Waals surface area contributed by atoms with Crippen LogP contribution in [0.25, 0.3) is 0 Å². The van der Waals surface area contributed by atoms with E-state index in [-0.39, 0.29) is 12.2 Å². The average molecular weight is 286 g/mol. The Labute approximate surface area is 120 Å². The molecule has 2 aromatic rings. The van der Waals surface area contributed by atoms with Gasteiger partial charge in [-0.2, -0.15) is 0 Å². The minimum absolute atomic E-state index is 0.211. The van der Waals surface area contributed by atoms with Crippen molar-refractivity contribution in [1.29, 1.82) is 0 Å². The molecule has 0 aliphatic rings. The number of carboxylic acids is 1. The molecule has 0 radical (unpaired) electrons. The lowest BCUT2D eigenvalue weighted by molar-refractivity contribution is -0.121. The van der Waals surface area contributed by atoms with Gasteiger partial charge in [0.25, 0.3) is 5.56 Å². The van der Waals surface area contributed by atoms with Gasteiger partial charge >= 0.3 is 5.97 Å². The molecule has 0 aliphatic carbocycles. The molecule has 2 rings (SSSR count). The normalized spacial score (nSPS) is 10.1. The zero-order chi connectivity index (χ0) is 15.2. The number of pyridine rings is 1. The van der Waals surface area contributed by atoms with Gasteiger partial charge in [-0.15, -0.1) is 0 Å². The Morgan fingerprint density at radius 2 is 1.76 bits per heavy atom. The summed E-state index contributed by atoms with van der Waals surface area (Å²) >= 11 is 0. The van der Waals surface area contributed by atoms with Gasteiger partial charge in [0.05, 0.1) is 0 Å². The summed E-state index contributed by atoms with van der Waals surface area (Å²) in [7, 11) is 0. The van der Waals surface area contributed by atoms with Crippen molar-refractivity contribution < 1.29 is 14.7 Å². The van der Waals surface area contributed by atoms with Crippen LogP contribution in [0.5, 0.6) is 0 Å². The fraction of sp³-hybridized carbons (Fsp3) is 0.133. The van der Waals surface area contributed by atoms with Crippen LogP contribution in [-0.2, 0) is 17.9 Å². The molecule has 0 bridgehead atoms. The summed E-state index contributed by atoms with van der Waals surface area (Å²) in [5, 5.41) is 11.7. The third kappa shape index (κ3) is 3.79. The molecule has 0 aliphatic heterocycles. The molecule has 6 heteroatoms. The van der Waals surface area contributed by atoms with E-state index in [1.807, 2.05) is 30.3 Å². The van der Waals surface area contributed by atoms with Crippen molar-refractivity contribution in [3.63, 3.8) is 0 Å². The predicted octanol–water partition coefficient (Wildman–Crippen LogP) is 0.863. The molecule has 1 aromatic carbocycles. The number of aromatic carboxylic acids is 1. The Hall–Kier alpha value is -2.89. The molecular weight excluding hydrogens is 272 g/mol. The van der Waals surface area contributed by atoms with Crippen LogP contribution in [0.2, 0.25) is 0 Å². The first-order valence-corrected chi connectivity index (χ1v) is 6.31. The molecule has 0 saturated heterocycles. The highest BCUT2D eigenvalue weighted by molar-refractivity contribution is 5.86. The summed E-state index contributed by atoms with van der Waals surface area (Å²) in [6.45, 7) is -0.00218. The van der Waals surface area contributed by atoms with E-state index < -0.39 is 17.4 Å². The van der Waals surface area contributed by atoms with Gasteiger partial charge < -0.3 is 10.4 Å². The van der Waals surface area contributed by atoms with Gasteiger partial charge in [-0.05, 0) is 11.6 Å². The van der Waals surface area contributed by atoms with E-state index in [0.29, 0.717) is 6.54 Å². The first-order valence-electron chi connectivity index (χ1n) is 6.31. The molecule has 1 amide bonds. The van der Waals surface area contributed by atoms with Gasteiger partial charge in [-0.25, -0.2) is 4.79 Å². The summed E-state index contributed by atoms with van der Waals surface area (Å²) in [6, 6.07) is 13.1. The van der Waals surface area contributed by atoms with E-state index in [4.69, 9.17) is 5.11 Å². The fourth-order valence-electron chi connectivity index (χ4n) is 1.87. The Morgan fingerprint density at radius 1 is 1.05 bits per heavy atom. The van der Waals surface area contributed by atoms with Crippen LogP contribution in [0.3, 0.4) is 0 Å². The van der Waals surface area contributed by atoms with Crippen LogP contribution >= 0.6 is 0 Å². The molecule has 0 unspecified atom stereocenters. The quantitative estimate of drug-likeness (QED) is 0.853. The lowest BCUT2D eigenvalue weighted by atomic mass is 10.2. The van der Waals surface area contributed by atoms with Crippen molar-refractivity contribution >= 4 is 11.9 Å². The van der Waals surface area contributed by atoms with Crippen molar-refractivity contribution in [2.45, 2.75) is 13.1 Å². The highest BCUT2D eigenvalue weighted by Crippen LogP contribution is 1.99. The van der Waals surface area contributed by atoms with Crippen LogP contribution in [0.1, 0.15) is 16.1 Å². The second kappa shape index (κ2) is 6.51. The minimum atomic E-state index is -1.25. The number of carbonyl (C=O) groups excluding carboxylic acids is 1. The molecule has 6 nitrogen and oxygen atoms in total. The van der Waals surface area contributed by atoms with Crippen LogP contribution in [0, 0.1) is 0 Å². The number of nitrogens with zero attached hydrogens (tertiary/aromatic N) is 1. The SMILES string of the molecule is O=C(Cn1c(C(=O)O)cccc1=O)NCc1ccccc1. The summed E-state index contributed by atoms with van der Waals surface area (Å²) in [5.41, 5.74) is 0.187. The maximum atomic E-state index is 11.8. The van der Waals surface area contributed by atoms with E-state index in [1.165, 1.54) is 18.2 Å². The second-order valence-electron chi connectivity index (χ2n) is 4.40. The van der Waals surface area contributed by atoms with E-state index in [2.05, 4.69) is 5.32 Å². The number of nitrogens with one attached hydrogen (secondary N) is 1. The van der Waals surface area contributed by atoms with Crippen LogP contribution in [-0.4, -0.2) is 21.6 Å². The first kappa shape index (κ1) is 14.5. The molecule has 2 N–H and O–H groups in total. The highest BCUT2D eigenvalue weighted by atomic mass is 16.4. The molecule has 21 heavy (non-hydrogen) atoms. The topological polar surface area (TPSA) is 88.4 Å². The molecule has 1 heterocycles. The summed E-state index contributed by atoms with van der Waals surface area (Å²) < 4.78 is 0.933. The van der Waals surface area contributed by atoms with E-state index in [9.17, 15) is 14.4 Å². The average Bonchev–Trinajstić information content (AvgIpc) is 2.48. The Bertz CT molecular complexity index is 707. The number of aromatic nitrogens is 1. The first-order chi connectivity index (χ1) is 10.1. The number of rotatable bonds is 5. The van der Waals surface area contributed by atoms with E-state index in [0.717, 1.165) is 10.1 Å². The van der Waals surface area contributed by atoms with Gasteiger partial charge in [0.2, 0.25) is 5.91 Å². The molecule has 1 aromatic heterocycles. The number of carboxylic acid groups (broad SMARTS) is 1. The maximum absolute atomic E-state index is 11.8. The van der Waals surface area contributed by atoms with Crippen LogP contribution < -0.4 is 10.9 Å². The van der Waals surface area contributed by atoms with Crippen molar-refractivity contribution in [3.05, 3.63) is 70.1 Å². The largest absolute Gasteiger partial charge is 0.477 e. The third-order valence-electron chi connectivity index (χ3n) is 2.90. The predicted molar refractivity (Wildman–Crippen MR) is 76.0 cm³/mol. The van der Waals surface area contributed by atoms with E-state index >= 15 is 0 Å². The number of hydrogen-bond donors (Lipinski definition) is 2. The highest BCUT2D eigenvalue weighted by Gasteiger charge is 2.13.